The molecular formula is C11H9N7. The molecule has 0 radical (unpaired) electrons. The second-order valence-electron chi connectivity index (χ2n) is 3.47. The summed E-state index contributed by atoms with van der Waals surface area (Å²) >= 11 is 0. The van der Waals surface area contributed by atoms with E-state index in [4.69, 9.17) is 0 Å². The number of hydrogen-bond donors (Lipinski definition) is 2. The summed E-state index contributed by atoms with van der Waals surface area (Å²) in [6.07, 6.45) is 8.25. The zero-order chi connectivity index (χ0) is 12.2. The van der Waals surface area contributed by atoms with Crippen LogP contribution < -0.4 is 0 Å². The lowest BCUT2D eigenvalue weighted by atomic mass is 10.4. The highest BCUT2D eigenvalue weighted by molar-refractivity contribution is 5.72. The lowest BCUT2D eigenvalue weighted by molar-refractivity contribution is 1.10. The van der Waals surface area contributed by atoms with E-state index in [0.717, 1.165) is 16.6 Å². The average Bonchev–Trinajstić information content (AvgIpc) is 3.08. The minimum Gasteiger partial charge on any atom is -0.342 e. The molecule has 0 saturated heterocycles. The number of aromatic nitrogens is 7. The summed E-state index contributed by atoms with van der Waals surface area (Å²) in [5.74, 6) is 0. The fraction of sp³-hybridized carbons (Fsp3) is 0. The molecule has 7 heteroatoms. The Balaban J connectivity index is 0.000000111. The first kappa shape index (κ1) is 10.3. The Labute approximate surface area is 101 Å². The maximum absolute atomic E-state index is 4.02. The molecule has 0 saturated carbocycles. The molecular weight excluding hydrogens is 230 g/mol. The molecule has 7 nitrogen and oxygen atoms in total. The van der Waals surface area contributed by atoms with Crippen molar-refractivity contribution < 1.29 is 0 Å². The second-order valence-corrected chi connectivity index (χ2v) is 3.47. The van der Waals surface area contributed by atoms with Crippen LogP contribution in [0.1, 0.15) is 0 Å². The van der Waals surface area contributed by atoms with Crippen LogP contribution in [0.4, 0.5) is 0 Å². The largest absolute Gasteiger partial charge is 0.342 e. The molecule has 4 aromatic rings. The van der Waals surface area contributed by atoms with Gasteiger partial charge >= 0.3 is 0 Å². The van der Waals surface area contributed by atoms with Gasteiger partial charge in [-0.25, -0.2) is 19.9 Å². The normalized spacial score (nSPS) is 10.2. The van der Waals surface area contributed by atoms with Crippen molar-refractivity contribution in [1.29, 1.82) is 0 Å². The highest BCUT2D eigenvalue weighted by atomic mass is 15.1. The summed E-state index contributed by atoms with van der Waals surface area (Å²) in [5.41, 5.74) is 2.43. The number of fused-ring (bicyclic) bond motifs is 2. The fourth-order valence-electron chi connectivity index (χ4n) is 1.47. The molecule has 0 spiro atoms. The third-order valence-corrected chi connectivity index (χ3v) is 2.31. The minimum absolute atomic E-state index is 0.713. The van der Waals surface area contributed by atoms with Gasteiger partial charge in [0, 0.05) is 11.6 Å². The van der Waals surface area contributed by atoms with E-state index in [1.807, 2.05) is 12.1 Å². The van der Waals surface area contributed by atoms with Crippen molar-refractivity contribution in [2.45, 2.75) is 0 Å². The highest BCUT2D eigenvalue weighted by Crippen LogP contribution is 2.03. The molecule has 0 atom stereocenters. The van der Waals surface area contributed by atoms with Crippen LogP contribution in [0.25, 0.3) is 22.2 Å². The lowest BCUT2D eigenvalue weighted by Crippen LogP contribution is -1.76. The summed E-state index contributed by atoms with van der Waals surface area (Å²) in [6, 6.07) is 3.85. The number of hydrogen-bond acceptors (Lipinski definition) is 5. The standard InChI is InChI=1S/C6H5N3.C5H4N4/c1-2-5-4-8-9-6(5)7-3-1;1-4-5(8-2-6-1)9-3-7-4/h1-4H,(H,7,8,9);1-3H,(H,6,7,8,9). The number of nitrogens with one attached hydrogen (secondary N) is 2. The van der Waals surface area contributed by atoms with Crippen molar-refractivity contribution in [3.8, 4) is 0 Å². The van der Waals surface area contributed by atoms with E-state index in [1.54, 1.807) is 24.9 Å². The molecule has 0 unspecified atom stereocenters. The zero-order valence-electron chi connectivity index (χ0n) is 9.28. The van der Waals surface area contributed by atoms with Crippen LogP contribution in [0.5, 0.6) is 0 Å². The Morgan fingerprint density at radius 2 is 2.06 bits per heavy atom. The minimum atomic E-state index is 0.713. The maximum Gasteiger partial charge on any atom is 0.180 e. The lowest BCUT2D eigenvalue weighted by Gasteiger charge is -1.80. The number of nitrogens with zero attached hydrogens (tertiary/aromatic N) is 5. The number of pyridine rings is 1. The van der Waals surface area contributed by atoms with Crippen molar-refractivity contribution in [3.63, 3.8) is 0 Å². The van der Waals surface area contributed by atoms with Crippen molar-refractivity contribution in [3.05, 3.63) is 43.4 Å². The Kier molecular flexibility index (Phi) is 2.63. The molecule has 0 bridgehead atoms. The summed E-state index contributed by atoms with van der Waals surface area (Å²) in [4.78, 5) is 18.5. The molecule has 0 fully saturated rings. The van der Waals surface area contributed by atoms with Crippen LogP contribution in [-0.2, 0) is 0 Å². The van der Waals surface area contributed by atoms with Gasteiger partial charge in [-0.15, -0.1) is 0 Å². The summed E-state index contributed by atoms with van der Waals surface area (Å²) in [6.45, 7) is 0. The van der Waals surface area contributed by atoms with Crippen LogP contribution >= 0.6 is 0 Å². The first-order chi connectivity index (χ1) is 8.93. The van der Waals surface area contributed by atoms with Gasteiger partial charge in [0.2, 0.25) is 0 Å². The van der Waals surface area contributed by atoms with Crippen LogP contribution in [0, 0.1) is 0 Å². The van der Waals surface area contributed by atoms with E-state index in [9.17, 15) is 0 Å². The predicted octanol–water partition coefficient (Wildman–Crippen LogP) is 1.31. The van der Waals surface area contributed by atoms with E-state index >= 15 is 0 Å². The molecule has 88 valence electrons. The quantitative estimate of drug-likeness (QED) is 0.482. The van der Waals surface area contributed by atoms with E-state index in [2.05, 4.69) is 35.1 Å². The van der Waals surface area contributed by atoms with Gasteiger partial charge in [0.25, 0.3) is 0 Å². The van der Waals surface area contributed by atoms with Gasteiger partial charge in [-0.1, -0.05) is 0 Å². The molecule has 4 aromatic heterocycles. The van der Waals surface area contributed by atoms with Crippen molar-refractivity contribution in [2.75, 3.05) is 0 Å². The molecule has 4 rings (SSSR count). The van der Waals surface area contributed by atoms with Gasteiger partial charge in [-0.05, 0) is 12.1 Å². The number of imidazole rings is 1. The summed E-state index contributed by atoms with van der Waals surface area (Å²) < 4.78 is 0. The monoisotopic (exact) mass is 239 g/mol. The van der Waals surface area contributed by atoms with Gasteiger partial charge in [0.05, 0.1) is 18.7 Å². The van der Waals surface area contributed by atoms with E-state index in [1.165, 1.54) is 6.33 Å². The first-order valence-corrected chi connectivity index (χ1v) is 5.26. The van der Waals surface area contributed by atoms with Crippen molar-refractivity contribution >= 4 is 22.2 Å². The van der Waals surface area contributed by atoms with Gasteiger partial charge < -0.3 is 4.98 Å². The molecule has 0 amide bonds. The van der Waals surface area contributed by atoms with E-state index in [-0.39, 0.29) is 0 Å². The third kappa shape index (κ3) is 2.01. The SMILES string of the molecule is c1cnc2[nH]ncc2c1.c1ncc2[nH]cnc2n1. The molecule has 4 heterocycles. The Hall–Kier alpha value is -2.83. The van der Waals surface area contributed by atoms with Gasteiger partial charge in [-0.2, -0.15) is 5.10 Å². The van der Waals surface area contributed by atoms with Gasteiger partial charge in [0.1, 0.15) is 11.8 Å². The Morgan fingerprint density at radius 1 is 1.06 bits per heavy atom. The molecule has 0 aliphatic carbocycles. The topological polar surface area (TPSA) is 96.0 Å². The highest BCUT2D eigenvalue weighted by Gasteiger charge is 1.91. The molecule has 2 N–H and O–H groups in total. The average molecular weight is 239 g/mol. The smallest absolute Gasteiger partial charge is 0.180 e. The van der Waals surface area contributed by atoms with Crippen LogP contribution in [0.2, 0.25) is 0 Å². The van der Waals surface area contributed by atoms with Gasteiger partial charge in [0.15, 0.2) is 11.3 Å². The van der Waals surface area contributed by atoms with Crippen LogP contribution in [0.3, 0.4) is 0 Å². The number of aromatic amines is 2. The van der Waals surface area contributed by atoms with Crippen LogP contribution in [0.15, 0.2) is 43.4 Å². The maximum atomic E-state index is 4.02. The summed E-state index contributed by atoms with van der Waals surface area (Å²) in [7, 11) is 0. The number of H-pyrrole nitrogens is 2. The third-order valence-electron chi connectivity index (χ3n) is 2.31. The van der Waals surface area contributed by atoms with E-state index in [0.29, 0.717) is 5.65 Å². The number of rotatable bonds is 0. The molecule has 0 aliphatic heterocycles. The Bertz CT molecular complexity index is 631. The van der Waals surface area contributed by atoms with Crippen molar-refractivity contribution in [1.82, 2.24) is 35.1 Å². The van der Waals surface area contributed by atoms with Crippen molar-refractivity contribution in [2.24, 2.45) is 0 Å². The first-order valence-electron chi connectivity index (χ1n) is 5.26. The second kappa shape index (κ2) is 4.58. The Morgan fingerprint density at radius 3 is 2.94 bits per heavy atom. The molecule has 0 aliphatic rings. The molecule has 18 heavy (non-hydrogen) atoms. The predicted molar refractivity (Wildman–Crippen MR) is 65.6 cm³/mol. The zero-order valence-corrected chi connectivity index (χ0v) is 9.28. The van der Waals surface area contributed by atoms with Gasteiger partial charge in [-0.3, -0.25) is 5.10 Å². The van der Waals surface area contributed by atoms with E-state index < -0.39 is 0 Å². The van der Waals surface area contributed by atoms with Crippen LogP contribution in [-0.4, -0.2) is 35.1 Å². The fourth-order valence-corrected chi connectivity index (χ4v) is 1.47. The summed E-state index contributed by atoms with van der Waals surface area (Å²) in [5, 5.41) is 7.63. The molecule has 0 aromatic carbocycles.